The maximum absolute atomic E-state index is 11.7. The van der Waals surface area contributed by atoms with Crippen LogP contribution in [0, 0.1) is 13.8 Å². The molecule has 0 spiro atoms. The summed E-state index contributed by atoms with van der Waals surface area (Å²) in [5, 5.41) is 2.97. The van der Waals surface area contributed by atoms with Gasteiger partial charge in [0.1, 0.15) is 12.4 Å². The van der Waals surface area contributed by atoms with Crippen molar-refractivity contribution >= 4 is 5.91 Å². The van der Waals surface area contributed by atoms with Gasteiger partial charge in [0.15, 0.2) is 0 Å². The summed E-state index contributed by atoms with van der Waals surface area (Å²) < 4.78 is 5.68. The van der Waals surface area contributed by atoms with Crippen LogP contribution in [0.25, 0.3) is 0 Å². The highest BCUT2D eigenvalue weighted by Gasteiger charge is 2.27. The average molecular weight is 248 g/mol. The van der Waals surface area contributed by atoms with Crippen LogP contribution in [0.5, 0.6) is 5.75 Å². The first kappa shape index (κ1) is 12.9. The summed E-state index contributed by atoms with van der Waals surface area (Å²) in [6.07, 6.45) is 0.344. The number of fused-ring (bicyclic) bond motifs is 1. The lowest BCUT2D eigenvalue weighted by Gasteiger charge is -2.13. The van der Waals surface area contributed by atoms with Crippen LogP contribution in [0.4, 0.5) is 0 Å². The van der Waals surface area contributed by atoms with E-state index in [1.54, 1.807) is 0 Å². The van der Waals surface area contributed by atoms with E-state index >= 15 is 0 Å². The lowest BCUT2D eigenvalue weighted by molar-refractivity contribution is -0.122. The molecule has 4 heteroatoms. The maximum Gasteiger partial charge on any atom is 0.222 e. The molecule has 0 saturated heterocycles. The van der Waals surface area contributed by atoms with Crippen molar-refractivity contribution < 1.29 is 9.53 Å². The number of benzene rings is 1. The van der Waals surface area contributed by atoms with E-state index in [0.29, 0.717) is 13.0 Å². The second-order valence-electron chi connectivity index (χ2n) is 5.04. The molecule has 0 aliphatic carbocycles. The Labute approximate surface area is 108 Å². The molecule has 0 fully saturated rings. The Balaban J connectivity index is 2.13. The van der Waals surface area contributed by atoms with Crippen LogP contribution < -0.4 is 15.8 Å². The third-order valence-corrected chi connectivity index (χ3v) is 3.32. The van der Waals surface area contributed by atoms with Crippen molar-refractivity contribution in [1.29, 1.82) is 0 Å². The van der Waals surface area contributed by atoms with Crippen molar-refractivity contribution in [1.82, 2.24) is 5.32 Å². The average Bonchev–Trinajstić information content (AvgIpc) is 2.66. The Morgan fingerprint density at radius 1 is 1.56 bits per heavy atom. The minimum Gasteiger partial charge on any atom is -0.490 e. The SMILES string of the molecule is Cc1ccc2c(c1C)OCC2NC(=O)CC(C)N. The van der Waals surface area contributed by atoms with E-state index in [2.05, 4.69) is 18.3 Å². The number of ether oxygens (including phenoxy) is 1. The number of hydrogen-bond acceptors (Lipinski definition) is 3. The van der Waals surface area contributed by atoms with E-state index in [-0.39, 0.29) is 18.0 Å². The van der Waals surface area contributed by atoms with Crippen LogP contribution >= 0.6 is 0 Å². The number of nitrogens with two attached hydrogens (primary N) is 1. The van der Waals surface area contributed by atoms with Gasteiger partial charge < -0.3 is 15.8 Å². The summed E-state index contributed by atoms with van der Waals surface area (Å²) in [6, 6.07) is 3.92. The number of aryl methyl sites for hydroxylation is 1. The highest BCUT2D eigenvalue weighted by Crippen LogP contribution is 2.36. The Morgan fingerprint density at radius 3 is 2.94 bits per heavy atom. The fourth-order valence-electron chi connectivity index (χ4n) is 2.20. The first-order chi connectivity index (χ1) is 8.49. The van der Waals surface area contributed by atoms with E-state index in [4.69, 9.17) is 10.5 Å². The third kappa shape index (κ3) is 2.48. The minimum absolute atomic E-state index is 0.0234. The van der Waals surface area contributed by atoms with Crippen LogP contribution in [0.2, 0.25) is 0 Å². The topological polar surface area (TPSA) is 64.3 Å². The standard InChI is InChI=1S/C14H20N2O2/c1-8-4-5-11-12(7-18-14(11)10(8)3)16-13(17)6-9(2)15/h4-5,9,12H,6-7,15H2,1-3H3,(H,16,17). The molecular weight excluding hydrogens is 228 g/mol. The van der Waals surface area contributed by atoms with Crippen LogP contribution in [-0.2, 0) is 4.79 Å². The Kier molecular flexibility index (Phi) is 3.57. The maximum atomic E-state index is 11.7. The zero-order chi connectivity index (χ0) is 13.3. The largest absolute Gasteiger partial charge is 0.490 e. The van der Waals surface area contributed by atoms with Crippen molar-refractivity contribution in [2.45, 2.75) is 39.3 Å². The smallest absolute Gasteiger partial charge is 0.222 e. The minimum atomic E-state index is -0.119. The van der Waals surface area contributed by atoms with Gasteiger partial charge >= 0.3 is 0 Å². The van der Waals surface area contributed by atoms with Crippen LogP contribution in [0.3, 0.4) is 0 Å². The molecule has 4 nitrogen and oxygen atoms in total. The second-order valence-corrected chi connectivity index (χ2v) is 5.04. The van der Waals surface area contributed by atoms with Gasteiger partial charge in [-0.2, -0.15) is 0 Å². The molecule has 1 aliphatic rings. The fraction of sp³-hybridized carbons (Fsp3) is 0.500. The summed E-state index contributed by atoms with van der Waals surface area (Å²) in [4.78, 5) is 11.7. The normalized spacial score (nSPS) is 19.0. The number of carbonyl (C=O) groups excluding carboxylic acids is 1. The van der Waals surface area contributed by atoms with Gasteiger partial charge in [-0.15, -0.1) is 0 Å². The molecule has 1 heterocycles. The van der Waals surface area contributed by atoms with Crippen molar-refractivity contribution in [3.8, 4) is 5.75 Å². The molecule has 2 atom stereocenters. The van der Waals surface area contributed by atoms with Crippen molar-refractivity contribution in [3.63, 3.8) is 0 Å². The second kappa shape index (κ2) is 4.98. The molecule has 0 radical (unpaired) electrons. The molecule has 1 aromatic rings. The molecule has 2 rings (SSSR count). The first-order valence-electron chi connectivity index (χ1n) is 6.27. The summed E-state index contributed by atoms with van der Waals surface area (Å²) in [5.74, 6) is 0.894. The Hall–Kier alpha value is -1.55. The molecule has 1 amide bonds. The molecule has 98 valence electrons. The van der Waals surface area contributed by atoms with Gasteiger partial charge in [0.05, 0.1) is 6.04 Å². The van der Waals surface area contributed by atoms with Crippen LogP contribution in [0.1, 0.15) is 36.1 Å². The molecular formula is C14H20N2O2. The molecule has 1 aromatic carbocycles. The zero-order valence-corrected chi connectivity index (χ0v) is 11.1. The van der Waals surface area contributed by atoms with E-state index in [9.17, 15) is 4.79 Å². The predicted octanol–water partition coefficient (Wildman–Crippen LogP) is 1.59. The highest BCUT2D eigenvalue weighted by atomic mass is 16.5. The molecule has 0 saturated carbocycles. The fourth-order valence-corrected chi connectivity index (χ4v) is 2.20. The summed E-state index contributed by atoms with van der Waals surface area (Å²) >= 11 is 0. The number of carbonyl (C=O) groups is 1. The van der Waals surface area contributed by atoms with Gasteiger partial charge in [-0.3, -0.25) is 4.79 Å². The van der Waals surface area contributed by atoms with E-state index in [0.717, 1.165) is 16.9 Å². The number of nitrogens with one attached hydrogen (secondary N) is 1. The lowest BCUT2D eigenvalue weighted by atomic mass is 10.0. The highest BCUT2D eigenvalue weighted by molar-refractivity contribution is 5.77. The van der Waals surface area contributed by atoms with Gasteiger partial charge in [-0.25, -0.2) is 0 Å². The van der Waals surface area contributed by atoms with Crippen molar-refractivity contribution in [3.05, 3.63) is 28.8 Å². The number of hydrogen-bond donors (Lipinski definition) is 2. The van der Waals surface area contributed by atoms with Crippen LogP contribution in [0.15, 0.2) is 12.1 Å². The van der Waals surface area contributed by atoms with Gasteiger partial charge in [0.2, 0.25) is 5.91 Å². The quantitative estimate of drug-likeness (QED) is 0.853. The van der Waals surface area contributed by atoms with Gasteiger partial charge in [-0.05, 0) is 31.9 Å². The van der Waals surface area contributed by atoms with E-state index in [1.165, 1.54) is 5.56 Å². The van der Waals surface area contributed by atoms with Gasteiger partial charge in [-0.1, -0.05) is 12.1 Å². The zero-order valence-electron chi connectivity index (χ0n) is 11.1. The predicted molar refractivity (Wildman–Crippen MR) is 70.6 cm³/mol. The molecule has 3 N–H and O–H groups in total. The lowest BCUT2D eigenvalue weighted by Crippen LogP contribution is -2.33. The number of amides is 1. The van der Waals surface area contributed by atoms with Crippen molar-refractivity contribution in [2.75, 3.05) is 6.61 Å². The van der Waals surface area contributed by atoms with Crippen molar-refractivity contribution in [2.24, 2.45) is 5.73 Å². The Morgan fingerprint density at radius 2 is 2.28 bits per heavy atom. The van der Waals surface area contributed by atoms with Gasteiger partial charge in [0.25, 0.3) is 0 Å². The molecule has 1 aliphatic heterocycles. The first-order valence-corrected chi connectivity index (χ1v) is 6.27. The molecule has 18 heavy (non-hydrogen) atoms. The summed E-state index contributed by atoms with van der Waals surface area (Å²) in [6.45, 7) is 6.43. The van der Waals surface area contributed by atoms with Crippen LogP contribution in [-0.4, -0.2) is 18.6 Å². The van der Waals surface area contributed by atoms with Gasteiger partial charge in [0, 0.05) is 18.0 Å². The number of rotatable bonds is 3. The molecule has 2 unspecified atom stereocenters. The third-order valence-electron chi connectivity index (χ3n) is 3.32. The van der Waals surface area contributed by atoms with E-state index in [1.807, 2.05) is 19.9 Å². The summed E-state index contributed by atoms with van der Waals surface area (Å²) in [5.41, 5.74) is 9.03. The molecule has 0 aromatic heterocycles. The molecule has 0 bridgehead atoms. The van der Waals surface area contributed by atoms with E-state index < -0.39 is 0 Å². The summed E-state index contributed by atoms with van der Waals surface area (Å²) in [7, 11) is 0. The monoisotopic (exact) mass is 248 g/mol. The Bertz CT molecular complexity index is 469.